The smallest absolute Gasteiger partial charge is 0.405 e. The maximum absolute atomic E-state index is 12.2. The number of carbonyl (C=O) groups excluding carboxylic acids is 1. The predicted octanol–water partition coefficient (Wildman–Crippen LogP) is 1.61. The lowest BCUT2D eigenvalue weighted by atomic mass is 10.2. The van der Waals surface area contributed by atoms with Crippen molar-refractivity contribution in [1.29, 1.82) is 0 Å². The van der Waals surface area contributed by atoms with Crippen LogP contribution in [0.25, 0.3) is 0 Å². The molecule has 0 bridgehead atoms. The van der Waals surface area contributed by atoms with E-state index in [2.05, 4.69) is 9.72 Å². The highest BCUT2D eigenvalue weighted by atomic mass is 19.4. The monoisotopic (exact) mass is 220 g/mol. The third kappa shape index (κ3) is 2.83. The molecule has 0 aliphatic rings. The minimum absolute atomic E-state index is 0.324. The van der Waals surface area contributed by atoms with Gasteiger partial charge in [0.2, 0.25) is 5.88 Å². The van der Waals surface area contributed by atoms with E-state index < -0.39 is 17.7 Å². The predicted molar refractivity (Wildman–Crippen MR) is 45.0 cm³/mol. The van der Waals surface area contributed by atoms with Crippen LogP contribution in [0.4, 0.5) is 18.9 Å². The van der Waals surface area contributed by atoms with E-state index in [0.717, 1.165) is 6.92 Å². The molecule has 82 valence electrons. The van der Waals surface area contributed by atoms with Crippen LogP contribution in [0.5, 0.6) is 5.88 Å². The maximum atomic E-state index is 12.2. The largest absolute Gasteiger partial charge is 0.417 e. The number of aromatic nitrogens is 1. The van der Waals surface area contributed by atoms with E-state index in [1.54, 1.807) is 0 Å². The van der Waals surface area contributed by atoms with E-state index in [9.17, 15) is 18.0 Å². The van der Waals surface area contributed by atoms with Crippen LogP contribution in [0.2, 0.25) is 0 Å². The summed E-state index contributed by atoms with van der Waals surface area (Å²) in [6, 6.07) is 0.658. The first-order valence-corrected chi connectivity index (χ1v) is 3.82. The molecule has 1 rings (SSSR count). The van der Waals surface area contributed by atoms with Gasteiger partial charge in [0.25, 0.3) is 0 Å². The van der Waals surface area contributed by atoms with Crippen LogP contribution in [0, 0.1) is 0 Å². The Kier molecular flexibility index (Phi) is 2.83. The fourth-order valence-corrected chi connectivity index (χ4v) is 0.846. The van der Waals surface area contributed by atoms with Gasteiger partial charge in [-0.25, -0.2) is 4.98 Å². The lowest BCUT2D eigenvalue weighted by molar-refractivity contribution is -0.137. The average molecular weight is 220 g/mol. The van der Waals surface area contributed by atoms with Crippen LogP contribution in [-0.2, 0) is 11.0 Å². The minimum atomic E-state index is -4.52. The highest BCUT2D eigenvalue weighted by molar-refractivity contribution is 5.70. The number of anilines is 1. The number of hydrogen-bond acceptors (Lipinski definition) is 4. The van der Waals surface area contributed by atoms with Crippen molar-refractivity contribution in [3.8, 4) is 5.88 Å². The van der Waals surface area contributed by atoms with Crippen LogP contribution < -0.4 is 10.5 Å². The third-order valence-corrected chi connectivity index (χ3v) is 1.45. The lowest BCUT2D eigenvalue weighted by Crippen LogP contribution is -2.10. The summed E-state index contributed by atoms with van der Waals surface area (Å²) in [4.78, 5) is 13.8. The van der Waals surface area contributed by atoms with Crippen LogP contribution >= 0.6 is 0 Å². The van der Waals surface area contributed by atoms with Crippen molar-refractivity contribution in [2.75, 3.05) is 5.73 Å². The zero-order valence-electron chi connectivity index (χ0n) is 7.63. The Hall–Kier alpha value is -1.79. The number of nitrogens with zero attached hydrogens (tertiary/aromatic N) is 1. The van der Waals surface area contributed by atoms with Gasteiger partial charge >= 0.3 is 12.1 Å². The van der Waals surface area contributed by atoms with Gasteiger partial charge in [-0.15, -0.1) is 0 Å². The number of esters is 1. The van der Waals surface area contributed by atoms with Crippen molar-refractivity contribution in [2.24, 2.45) is 0 Å². The van der Waals surface area contributed by atoms with Gasteiger partial charge in [0.1, 0.15) is 0 Å². The van der Waals surface area contributed by atoms with Gasteiger partial charge in [0.05, 0.1) is 11.3 Å². The van der Waals surface area contributed by atoms with Gasteiger partial charge in [-0.2, -0.15) is 13.2 Å². The summed E-state index contributed by atoms with van der Waals surface area (Å²) in [6.07, 6.45) is -3.97. The molecule has 15 heavy (non-hydrogen) atoms. The molecule has 0 amide bonds. The topological polar surface area (TPSA) is 65.2 Å². The second kappa shape index (κ2) is 3.76. The molecule has 0 radical (unpaired) electrons. The van der Waals surface area contributed by atoms with Crippen molar-refractivity contribution < 1.29 is 22.7 Å². The quantitative estimate of drug-likeness (QED) is 0.730. The van der Waals surface area contributed by atoms with E-state index in [1.807, 2.05) is 0 Å². The standard InChI is InChI=1S/C8H7F3N2O2/c1-4(14)15-7-6(12)2-5(3-13-7)8(9,10)11/h2-3H,12H2,1H3. The molecule has 0 aromatic carbocycles. The Morgan fingerprint density at radius 2 is 2.13 bits per heavy atom. The number of nitrogens with two attached hydrogens (primary N) is 1. The molecule has 7 heteroatoms. The van der Waals surface area contributed by atoms with E-state index in [0.29, 0.717) is 12.3 Å². The zero-order valence-corrected chi connectivity index (χ0v) is 7.63. The first-order chi connectivity index (χ1) is 6.80. The lowest BCUT2D eigenvalue weighted by Gasteiger charge is -2.08. The summed E-state index contributed by atoms with van der Waals surface area (Å²) >= 11 is 0. The highest BCUT2D eigenvalue weighted by Gasteiger charge is 2.31. The number of rotatable bonds is 1. The first kappa shape index (κ1) is 11.3. The molecule has 0 unspecified atom stereocenters. The molecular weight excluding hydrogens is 213 g/mol. The van der Waals surface area contributed by atoms with E-state index in [1.165, 1.54) is 0 Å². The SMILES string of the molecule is CC(=O)Oc1ncc(C(F)(F)F)cc1N. The highest BCUT2D eigenvalue weighted by Crippen LogP contribution is 2.31. The van der Waals surface area contributed by atoms with E-state index in [-0.39, 0.29) is 11.6 Å². The zero-order chi connectivity index (χ0) is 11.6. The van der Waals surface area contributed by atoms with Crippen molar-refractivity contribution in [3.05, 3.63) is 17.8 Å². The van der Waals surface area contributed by atoms with Crippen LogP contribution in [0.15, 0.2) is 12.3 Å². The molecule has 0 atom stereocenters. The number of hydrogen-bond donors (Lipinski definition) is 1. The van der Waals surface area contributed by atoms with Crippen molar-refractivity contribution >= 4 is 11.7 Å². The van der Waals surface area contributed by atoms with Crippen molar-refractivity contribution in [1.82, 2.24) is 4.98 Å². The molecule has 1 aromatic heterocycles. The van der Waals surface area contributed by atoms with Gasteiger partial charge in [-0.1, -0.05) is 0 Å². The molecular formula is C8H7F3N2O2. The number of ether oxygens (including phenoxy) is 1. The number of halogens is 3. The second-order valence-electron chi connectivity index (χ2n) is 2.71. The Morgan fingerprint density at radius 3 is 2.53 bits per heavy atom. The molecule has 0 fully saturated rings. The maximum Gasteiger partial charge on any atom is 0.417 e. The van der Waals surface area contributed by atoms with Gasteiger partial charge in [-0.05, 0) is 6.07 Å². The third-order valence-electron chi connectivity index (χ3n) is 1.45. The summed E-state index contributed by atoms with van der Waals surface area (Å²) in [5, 5.41) is 0. The van der Waals surface area contributed by atoms with Crippen LogP contribution in [-0.4, -0.2) is 11.0 Å². The van der Waals surface area contributed by atoms with Crippen LogP contribution in [0.1, 0.15) is 12.5 Å². The van der Waals surface area contributed by atoms with Gasteiger partial charge in [0, 0.05) is 13.1 Å². The number of pyridine rings is 1. The molecule has 4 nitrogen and oxygen atoms in total. The Labute approximate surface area is 82.9 Å². The van der Waals surface area contributed by atoms with Crippen LogP contribution in [0.3, 0.4) is 0 Å². The molecule has 0 aliphatic heterocycles. The molecule has 0 spiro atoms. The molecule has 2 N–H and O–H groups in total. The molecule has 0 aliphatic carbocycles. The summed E-state index contributed by atoms with van der Waals surface area (Å²) in [5.41, 5.74) is 3.90. The summed E-state index contributed by atoms with van der Waals surface area (Å²) in [7, 11) is 0. The Bertz CT molecular complexity index is 390. The fraction of sp³-hybridized carbons (Fsp3) is 0.250. The molecule has 1 aromatic rings. The average Bonchev–Trinajstić information content (AvgIpc) is 2.05. The van der Waals surface area contributed by atoms with Gasteiger partial charge in [0.15, 0.2) is 0 Å². The second-order valence-corrected chi connectivity index (χ2v) is 2.71. The molecule has 0 saturated heterocycles. The molecule has 1 heterocycles. The normalized spacial score (nSPS) is 11.2. The molecule has 0 saturated carbocycles. The van der Waals surface area contributed by atoms with E-state index in [4.69, 9.17) is 5.73 Å². The first-order valence-electron chi connectivity index (χ1n) is 3.82. The van der Waals surface area contributed by atoms with Crippen molar-refractivity contribution in [2.45, 2.75) is 13.1 Å². The number of carbonyl (C=O) groups is 1. The minimum Gasteiger partial charge on any atom is -0.405 e. The van der Waals surface area contributed by atoms with Gasteiger partial charge < -0.3 is 10.5 Å². The Balaban J connectivity index is 3.03. The number of alkyl halides is 3. The van der Waals surface area contributed by atoms with Gasteiger partial charge in [-0.3, -0.25) is 4.79 Å². The number of nitrogen functional groups attached to an aromatic ring is 1. The summed E-state index contributed by atoms with van der Waals surface area (Å²) < 4.78 is 40.9. The fourth-order valence-electron chi connectivity index (χ4n) is 0.846. The van der Waals surface area contributed by atoms with Crippen molar-refractivity contribution in [3.63, 3.8) is 0 Å². The van der Waals surface area contributed by atoms with E-state index >= 15 is 0 Å². The Morgan fingerprint density at radius 1 is 1.53 bits per heavy atom. The summed E-state index contributed by atoms with van der Waals surface area (Å²) in [6.45, 7) is 1.10. The summed E-state index contributed by atoms with van der Waals surface area (Å²) in [5.74, 6) is -1.02.